The molecule has 0 amide bonds. The molecule has 96 valence electrons. The molecule has 8 heteroatoms. The SMILES string of the molecule is COCCS(=O)(=O)CC(=O)c1cc(Cl)sc1Cl. The van der Waals surface area contributed by atoms with Crippen LogP contribution in [0, 0.1) is 0 Å². The molecule has 0 aliphatic rings. The first-order valence-electron chi connectivity index (χ1n) is 4.53. The number of ketones is 1. The average molecular weight is 317 g/mol. The molecule has 0 radical (unpaired) electrons. The first-order valence-corrected chi connectivity index (χ1v) is 7.92. The topological polar surface area (TPSA) is 60.4 Å². The predicted molar refractivity (Wildman–Crippen MR) is 69.2 cm³/mol. The van der Waals surface area contributed by atoms with E-state index in [0.717, 1.165) is 11.3 Å². The first-order chi connectivity index (χ1) is 7.85. The van der Waals surface area contributed by atoms with Crippen LogP contribution in [-0.2, 0) is 14.6 Å². The Morgan fingerprint density at radius 2 is 2.12 bits per heavy atom. The lowest BCUT2D eigenvalue weighted by atomic mass is 10.2. The molecule has 0 aliphatic heterocycles. The van der Waals surface area contributed by atoms with Crippen molar-refractivity contribution in [2.24, 2.45) is 0 Å². The van der Waals surface area contributed by atoms with Crippen LogP contribution in [0.4, 0.5) is 0 Å². The average Bonchev–Trinajstić information content (AvgIpc) is 2.54. The first kappa shape index (κ1) is 14.9. The minimum atomic E-state index is -3.47. The third-order valence-corrected chi connectivity index (χ3v) is 4.88. The fraction of sp³-hybridized carbons (Fsp3) is 0.444. The Kier molecular flexibility index (Phi) is 5.40. The van der Waals surface area contributed by atoms with Crippen LogP contribution in [0.2, 0.25) is 8.67 Å². The highest BCUT2D eigenvalue weighted by atomic mass is 35.5. The maximum absolute atomic E-state index is 11.7. The number of hydrogen-bond donors (Lipinski definition) is 0. The zero-order valence-electron chi connectivity index (χ0n) is 8.90. The molecule has 0 saturated heterocycles. The molecule has 0 atom stereocenters. The molecule has 17 heavy (non-hydrogen) atoms. The number of sulfone groups is 1. The van der Waals surface area contributed by atoms with Gasteiger partial charge >= 0.3 is 0 Å². The van der Waals surface area contributed by atoms with Crippen molar-refractivity contribution in [1.82, 2.24) is 0 Å². The number of Topliss-reactive ketones (excluding diaryl/α,β-unsaturated/α-hetero) is 1. The summed E-state index contributed by atoms with van der Waals surface area (Å²) in [6.45, 7) is 0.0632. The van der Waals surface area contributed by atoms with E-state index in [1.54, 1.807) is 0 Å². The van der Waals surface area contributed by atoms with E-state index in [1.165, 1.54) is 13.2 Å². The van der Waals surface area contributed by atoms with E-state index in [-0.39, 0.29) is 22.3 Å². The minimum Gasteiger partial charge on any atom is -0.384 e. The number of carbonyl (C=O) groups is 1. The van der Waals surface area contributed by atoms with Gasteiger partial charge in [-0.05, 0) is 6.07 Å². The second-order valence-corrected chi connectivity index (χ2v) is 7.72. The molecule has 1 heterocycles. The lowest BCUT2D eigenvalue weighted by molar-refractivity contribution is 0.102. The van der Waals surface area contributed by atoms with E-state index in [0.29, 0.717) is 4.34 Å². The van der Waals surface area contributed by atoms with Gasteiger partial charge in [-0.25, -0.2) is 8.42 Å². The van der Waals surface area contributed by atoms with E-state index in [4.69, 9.17) is 23.2 Å². The highest BCUT2D eigenvalue weighted by molar-refractivity contribution is 7.92. The molecule has 1 aromatic heterocycles. The van der Waals surface area contributed by atoms with Crippen molar-refractivity contribution in [3.05, 3.63) is 20.3 Å². The van der Waals surface area contributed by atoms with Gasteiger partial charge in [-0.1, -0.05) is 23.2 Å². The van der Waals surface area contributed by atoms with E-state index in [9.17, 15) is 13.2 Å². The third-order valence-electron chi connectivity index (χ3n) is 1.91. The van der Waals surface area contributed by atoms with E-state index in [1.807, 2.05) is 0 Å². The van der Waals surface area contributed by atoms with Crippen molar-refractivity contribution in [1.29, 1.82) is 0 Å². The van der Waals surface area contributed by atoms with Gasteiger partial charge in [0.2, 0.25) is 0 Å². The van der Waals surface area contributed by atoms with Crippen LogP contribution in [0.25, 0.3) is 0 Å². The van der Waals surface area contributed by atoms with Crippen LogP contribution in [0.5, 0.6) is 0 Å². The van der Waals surface area contributed by atoms with E-state index < -0.39 is 21.4 Å². The summed E-state index contributed by atoms with van der Waals surface area (Å²) in [5.74, 6) is -1.32. The zero-order chi connectivity index (χ0) is 13.1. The van der Waals surface area contributed by atoms with Gasteiger partial charge in [-0.15, -0.1) is 11.3 Å². The van der Waals surface area contributed by atoms with Crippen molar-refractivity contribution < 1.29 is 17.9 Å². The Morgan fingerprint density at radius 1 is 1.47 bits per heavy atom. The van der Waals surface area contributed by atoms with Crippen LogP contribution < -0.4 is 0 Å². The highest BCUT2D eigenvalue weighted by Crippen LogP contribution is 2.31. The second kappa shape index (κ2) is 6.15. The summed E-state index contributed by atoms with van der Waals surface area (Å²) in [5.41, 5.74) is 0.155. The fourth-order valence-electron chi connectivity index (χ4n) is 1.09. The number of halogens is 2. The normalized spacial score (nSPS) is 11.7. The van der Waals surface area contributed by atoms with Crippen LogP contribution in [0.15, 0.2) is 6.07 Å². The Hall–Kier alpha value is -0.140. The van der Waals surface area contributed by atoms with Crippen molar-refractivity contribution in [2.75, 3.05) is 25.2 Å². The quantitative estimate of drug-likeness (QED) is 0.755. The van der Waals surface area contributed by atoms with Gasteiger partial charge in [0, 0.05) is 12.7 Å². The summed E-state index contributed by atoms with van der Waals surface area (Å²) in [5, 5.41) is 0. The number of thiophene rings is 1. The lowest BCUT2D eigenvalue weighted by Crippen LogP contribution is -2.21. The summed E-state index contributed by atoms with van der Waals surface area (Å²) < 4.78 is 28.3. The van der Waals surface area contributed by atoms with Crippen LogP contribution in [-0.4, -0.2) is 39.4 Å². The van der Waals surface area contributed by atoms with Gasteiger partial charge in [0.15, 0.2) is 15.6 Å². The van der Waals surface area contributed by atoms with Gasteiger partial charge in [-0.2, -0.15) is 0 Å². The molecular formula is C9H10Cl2O4S2. The van der Waals surface area contributed by atoms with Crippen LogP contribution >= 0.6 is 34.5 Å². The smallest absolute Gasteiger partial charge is 0.180 e. The molecule has 0 fully saturated rings. The second-order valence-electron chi connectivity index (χ2n) is 3.25. The molecule has 0 unspecified atom stereocenters. The minimum absolute atomic E-state index is 0.0632. The van der Waals surface area contributed by atoms with Crippen LogP contribution in [0.3, 0.4) is 0 Å². The van der Waals surface area contributed by atoms with Gasteiger partial charge in [0.1, 0.15) is 10.1 Å². The molecular weight excluding hydrogens is 307 g/mol. The molecule has 1 rings (SSSR count). The summed E-state index contributed by atoms with van der Waals surface area (Å²) >= 11 is 12.5. The summed E-state index contributed by atoms with van der Waals surface area (Å²) in [6, 6.07) is 1.38. The molecule has 0 aliphatic carbocycles. The molecule has 0 saturated carbocycles. The summed E-state index contributed by atoms with van der Waals surface area (Å²) in [7, 11) is -2.07. The van der Waals surface area contributed by atoms with Gasteiger partial charge in [0.05, 0.1) is 16.7 Å². The number of ether oxygens (including phenoxy) is 1. The number of rotatable bonds is 6. The Balaban J connectivity index is 2.76. The van der Waals surface area contributed by atoms with E-state index >= 15 is 0 Å². The van der Waals surface area contributed by atoms with Crippen LogP contribution in [0.1, 0.15) is 10.4 Å². The zero-order valence-corrected chi connectivity index (χ0v) is 12.0. The summed E-state index contributed by atoms with van der Waals surface area (Å²) in [6.07, 6.45) is 0. The maximum Gasteiger partial charge on any atom is 0.180 e. The molecule has 0 aromatic carbocycles. The number of carbonyl (C=O) groups excluding carboxylic acids is 1. The Labute approximate surface area is 113 Å². The van der Waals surface area contributed by atoms with Gasteiger partial charge in [-0.3, -0.25) is 4.79 Å². The lowest BCUT2D eigenvalue weighted by Gasteiger charge is -2.02. The summed E-state index contributed by atoms with van der Waals surface area (Å²) in [4.78, 5) is 11.7. The number of hydrogen-bond acceptors (Lipinski definition) is 5. The van der Waals surface area contributed by atoms with E-state index in [2.05, 4.69) is 4.74 Å². The largest absolute Gasteiger partial charge is 0.384 e. The molecule has 1 aromatic rings. The predicted octanol–water partition coefficient (Wildman–Crippen LogP) is 2.30. The van der Waals surface area contributed by atoms with Crippen molar-refractivity contribution in [3.8, 4) is 0 Å². The standard InChI is InChI=1S/C9H10Cl2O4S2/c1-15-2-3-17(13,14)5-7(12)6-4-8(10)16-9(6)11/h4H,2-3,5H2,1H3. The molecule has 0 bridgehead atoms. The van der Waals surface area contributed by atoms with Gasteiger partial charge in [0.25, 0.3) is 0 Å². The maximum atomic E-state index is 11.7. The Bertz CT molecular complexity index is 507. The Morgan fingerprint density at radius 3 is 2.59 bits per heavy atom. The fourth-order valence-corrected chi connectivity index (χ4v) is 3.71. The molecule has 0 spiro atoms. The van der Waals surface area contributed by atoms with Gasteiger partial charge < -0.3 is 4.74 Å². The molecule has 0 N–H and O–H groups in total. The monoisotopic (exact) mass is 316 g/mol. The third kappa shape index (κ3) is 4.56. The van der Waals surface area contributed by atoms with Crippen molar-refractivity contribution >= 4 is 50.2 Å². The van der Waals surface area contributed by atoms with Crippen molar-refractivity contribution in [3.63, 3.8) is 0 Å². The number of methoxy groups -OCH3 is 1. The van der Waals surface area contributed by atoms with Crippen molar-refractivity contribution in [2.45, 2.75) is 0 Å². The highest BCUT2D eigenvalue weighted by Gasteiger charge is 2.21. The molecule has 4 nitrogen and oxygen atoms in total.